The summed E-state index contributed by atoms with van der Waals surface area (Å²) in [6, 6.07) is -2.71. The zero-order chi connectivity index (χ0) is 27.2. The molecule has 0 aromatic carbocycles. The van der Waals surface area contributed by atoms with Crippen LogP contribution in [0.25, 0.3) is 0 Å². The molecule has 1 aliphatic rings. The van der Waals surface area contributed by atoms with Gasteiger partial charge in [-0.25, -0.2) is 14.4 Å². The first-order valence-corrected chi connectivity index (χ1v) is 13.0. The highest BCUT2D eigenvalue weighted by atomic mass is 31.2. The number of amides is 2. The molecule has 2 unspecified atom stereocenters. The van der Waals surface area contributed by atoms with Crippen molar-refractivity contribution in [1.29, 1.82) is 0 Å². The van der Waals surface area contributed by atoms with Gasteiger partial charge in [0.1, 0.15) is 11.2 Å². The summed E-state index contributed by atoms with van der Waals surface area (Å²) < 4.78 is 39.2. The van der Waals surface area contributed by atoms with E-state index in [1.807, 2.05) is 0 Å². The van der Waals surface area contributed by atoms with Gasteiger partial charge in [-0.3, -0.25) is 14.3 Å². The van der Waals surface area contributed by atoms with Crippen LogP contribution in [-0.4, -0.2) is 90.2 Å². The van der Waals surface area contributed by atoms with E-state index in [-0.39, 0.29) is 26.3 Å². The first-order chi connectivity index (χ1) is 16.0. The third-order valence-electron chi connectivity index (χ3n) is 4.67. The van der Waals surface area contributed by atoms with Gasteiger partial charge in [-0.1, -0.05) is 0 Å². The maximum Gasteiger partial charge on any atom is 0.411 e. The van der Waals surface area contributed by atoms with Crippen molar-refractivity contribution in [3.63, 3.8) is 0 Å². The highest BCUT2D eigenvalue weighted by Crippen LogP contribution is 2.50. The lowest BCUT2D eigenvalue weighted by atomic mass is 9.99. The van der Waals surface area contributed by atoms with Gasteiger partial charge in [0.15, 0.2) is 6.04 Å². The highest BCUT2D eigenvalue weighted by Gasteiger charge is 2.50. The second-order valence-electron chi connectivity index (χ2n) is 9.81. The summed E-state index contributed by atoms with van der Waals surface area (Å²) in [5, 5.41) is 0. The Bertz CT molecular complexity index is 823. The number of rotatable bonds is 8. The first kappa shape index (κ1) is 30.9. The van der Waals surface area contributed by atoms with Gasteiger partial charge in [0.2, 0.25) is 5.52 Å². The molecule has 1 rings (SSSR count). The van der Waals surface area contributed by atoms with Crippen LogP contribution in [0.2, 0.25) is 0 Å². The lowest BCUT2D eigenvalue weighted by molar-refractivity contribution is -0.152. The summed E-state index contributed by atoms with van der Waals surface area (Å²) in [7, 11) is -3.10. The molecule has 13 heteroatoms. The molecule has 0 radical (unpaired) electrons. The fourth-order valence-corrected chi connectivity index (χ4v) is 4.86. The van der Waals surface area contributed by atoms with Crippen LogP contribution < -0.4 is 0 Å². The summed E-state index contributed by atoms with van der Waals surface area (Å²) in [5.74, 6) is -0.885. The largest absolute Gasteiger partial charge is 0.467 e. The predicted molar refractivity (Wildman–Crippen MR) is 126 cm³/mol. The average Bonchev–Trinajstić information content (AvgIpc) is 2.70. The van der Waals surface area contributed by atoms with E-state index in [1.54, 1.807) is 55.4 Å². The normalized spacial score (nSPS) is 19.2. The maximum atomic E-state index is 13.1. The Balaban J connectivity index is 3.51. The van der Waals surface area contributed by atoms with Gasteiger partial charge < -0.3 is 28.2 Å². The molecule has 0 saturated carbocycles. The minimum atomic E-state index is -4.22. The van der Waals surface area contributed by atoms with Gasteiger partial charge in [0, 0.05) is 19.5 Å². The van der Waals surface area contributed by atoms with E-state index in [9.17, 15) is 23.7 Å². The van der Waals surface area contributed by atoms with Crippen LogP contribution in [0, 0.1) is 0 Å². The molecule has 12 nitrogen and oxygen atoms in total. The van der Waals surface area contributed by atoms with E-state index in [2.05, 4.69) is 0 Å². The third-order valence-corrected chi connectivity index (χ3v) is 6.66. The molecule has 0 aromatic rings. The van der Waals surface area contributed by atoms with E-state index in [4.69, 9.17) is 23.3 Å². The van der Waals surface area contributed by atoms with Crippen molar-refractivity contribution >= 4 is 31.3 Å². The van der Waals surface area contributed by atoms with Crippen LogP contribution in [0.1, 0.15) is 61.8 Å². The summed E-state index contributed by atoms with van der Waals surface area (Å²) in [6.07, 6.45) is -2.25. The number of ether oxygens (including phenoxy) is 3. The van der Waals surface area contributed by atoms with Crippen LogP contribution in [0.4, 0.5) is 9.59 Å². The summed E-state index contributed by atoms with van der Waals surface area (Å²) in [5.41, 5.74) is -2.69. The molecular formula is C22H39N2O10P. The molecule has 0 N–H and O–H groups in total. The molecule has 1 aliphatic heterocycles. The molecule has 1 saturated heterocycles. The number of hydrogen-bond donors (Lipinski definition) is 0. The molecule has 0 spiro atoms. The number of methoxy groups -OCH3 is 1. The Labute approximate surface area is 207 Å². The van der Waals surface area contributed by atoms with Crippen molar-refractivity contribution in [3.05, 3.63) is 0 Å². The van der Waals surface area contributed by atoms with Gasteiger partial charge in [-0.15, -0.1) is 0 Å². The van der Waals surface area contributed by atoms with Crippen LogP contribution >= 0.6 is 7.60 Å². The fourth-order valence-electron chi connectivity index (χ4n) is 3.41. The number of esters is 1. The molecule has 202 valence electrons. The maximum absolute atomic E-state index is 13.1. The van der Waals surface area contributed by atoms with E-state index in [0.29, 0.717) is 0 Å². The zero-order valence-electron chi connectivity index (χ0n) is 22.1. The van der Waals surface area contributed by atoms with Gasteiger partial charge in [0.05, 0.1) is 26.4 Å². The van der Waals surface area contributed by atoms with E-state index in [1.165, 1.54) is 0 Å². The summed E-state index contributed by atoms with van der Waals surface area (Å²) in [4.78, 5) is 54.3. The van der Waals surface area contributed by atoms with Crippen molar-refractivity contribution in [3.8, 4) is 0 Å². The third kappa shape index (κ3) is 8.77. The molecule has 0 aromatic heterocycles. The van der Waals surface area contributed by atoms with E-state index in [0.717, 1.165) is 16.9 Å². The van der Waals surface area contributed by atoms with E-state index < -0.39 is 61.0 Å². The number of hydrogen-bond acceptors (Lipinski definition) is 10. The molecule has 0 aliphatic carbocycles. The van der Waals surface area contributed by atoms with Gasteiger partial charge in [-0.2, -0.15) is 0 Å². The average molecular weight is 523 g/mol. The van der Waals surface area contributed by atoms with Crippen molar-refractivity contribution < 1.29 is 47.0 Å². The summed E-state index contributed by atoms with van der Waals surface area (Å²) in [6.45, 7) is 12.8. The quantitative estimate of drug-likeness (QED) is 0.264. The van der Waals surface area contributed by atoms with Gasteiger partial charge in [-0.05, 0) is 55.4 Å². The smallest absolute Gasteiger partial charge is 0.411 e. The van der Waals surface area contributed by atoms with Gasteiger partial charge >= 0.3 is 25.8 Å². The molecular weight excluding hydrogens is 483 g/mol. The van der Waals surface area contributed by atoms with E-state index >= 15 is 0 Å². The first-order valence-electron chi connectivity index (χ1n) is 11.5. The minimum Gasteiger partial charge on any atom is -0.467 e. The number of piperazine rings is 1. The molecule has 1 heterocycles. The van der Waals surface area contributed by atoms with Crippen LogP contribution in [0.3, 0.4) is 0 Å². The van der Waals surface area contributed by atoms with Crippen molar-refractivity contribution in [2.45, 2.75) is 85.1 Å². The Morgan fingerprint density at radius 2 is 1.26 bits per heavy atom. The zero-order valence-corrected chi connectivity index (χ0v) is 23.0. The Kier molecular flexibility index (Phi) is 10.7. The number of nitrogens with zero attached hydrogens (tertiary/aromatic N) is 2. The second kappa shape index (κ2) is 12.2. The van der Waals surface area contributed by atoms with Crippen molar-refractivity contribution in [2.24, 2.45) is 0 Å². The van der Waals surface area contributed by atoms with Crippen molar-refractivity contribution in [2.75, 3.05) is 33.4 Å². The predicted octanol–water partition coefficient (Wildman–Crippen LogP) is 3.57. The highest BCUT2D eigenvalue weighted by molar-refractivity contribution is 7.71. The standard InChI is InChI=1S/C22H39N2O10P/c1-10-31-35(29,32-11-2)16(25)14-15-17(18(26)30-9)24(20(28)34-22(6,7)8)13-12-23(15)19(27)33-21(3,4)5/h15,17H,10-14H2,1-9H3. The monoisotopic (exact) mass is 522 g/mol. The van der Waals surface area contributed by atoms with Crippen molar-refractivity contribution in [1.82, 2.24) is 9.80 Å². The lowest BCUT2D eigenvalue weighted by Gasteiger charge is -2.45. The lowest BCUT2D eigenvalue weighted by Crippen LogP contribution is -2.66. The summed E-state index contributed by atoms with van der Waals surface area (Å²) >= 11 is 0. The second-order valence-corrected chi connectivity index (χ2v) is 11.8. The molecule has 1 fully saturated rings. The topological polar surface area (TPSA) is 138 Å². The fraction of sp³-hybridized carbons (Fsp3) is 0.818. The molecule has 2 amide bonds. The SMILES string of the molecule is CCOP(=O)(OCC)C(=O)CC1C(C(=O)OC)N(C(=O)OC(C)(C)C)CCN1C(=O)OC(C)(C)C. The number of carbonyl (C=O) groups is 4. The van der Waals surface area contributed by atoms with Crippen LogP contribution in [0.5, 0.6) is 0 Å². The number of carbonyl (C=O) groups excluding carboxylic acids is 4. The van der Waals surface area contributed by atoms with Gasteiger partial charge in [0.25, 0.3) is 0 Å². The molecule has 2 atom stereocenters. The Morgan fingerprint density at radius 1 is 0.829 bits per heavy atom. The Morgan fingerprint density at radius 3 is 1.66 bits per heavy atom. The minimum absolute atomic E-state index is 0.0616. The van der Waals surface area contributed by atoms with Crippen LogP contribution in [-0.2, 0) is 37.4 Å². The van der Waals surface area contributed by atoms with Crippen LogP contribution in [0.15, 0.2) is 0 Å². The molecule has 35 heavy (non-hydrogen) atoms. The molecule has 0 bridgehead atoms. The Hall–Kier alpha value is -2.17.